The molecule has 0 spiro atoms. The number of aromatic nitrogens is 2. The monoisotopic (exact) mass is 366 g/mol. The molecule has 136 valence electrons. The van der Waals surface area contributed by atoms with Gasteiger partial charge in [-0.3, -0.25) is 4.90 Å². The standard InChI is InChI=1S/C21H18F2N3O/c1-24-9-10-25(14-24)21(27)26-13-16(18-12-17(22)7-8-19(18)23)11-20(26)15-5-3-2-4-6-15/h2-12,14,20H,13H2,1H3/q+1/t20-/m0/s1. The van der Waals surface area contributed by atoms with Crippen molar-refractivity contribution in [2.45, 2.75) is 6.04 Å². The Labute approximate surface area is 155 Å². The molecule has 0 N–H and O–H groups in total. The molecule has 27 heavy (non-hydrogen) atoms. The van der Waals surface area contributed by atoms with E-state index in [0.29, 0.717) is 5.57 Å². The van der Waals surface area contributed by atoms with Gasteiger partial charge in [-0.05, 0) is 29.3 Å². The molecule has 0 saturated carbocycles. The highest BCUT2D eigenvalue weighted by atomic mass is 19.1. The number of amides is 1. The number of benzene rings is 2. The van der Waals surface area contributed by atoms with Gasteiger partial charge in [-0.2, -0.15) is 4.57 Å². The fourth-order valence-corrected chi connectivity index (χ4v) is 3.36. The Hall–Kier alpha value is -3.28. The lowest BCUT2D eigenvalue weighted by atomic mass is 10.0. The van der Waals surface area contributed by atoms with Gasteiger partial charge in [-0.25, -0.2) is 18.1 Å². The lowest BCUT2D eigenvalue weighted by molar-refractivity contribution is -0.670. The maximum atomic E-state index is 14.3. The van der Waals surface area contributed by atoms with Gasteiger partial charge in [0.2, 0.25) is 0 Å². The number of imidazole rings is 1. The average Bonchev–Trinajstić information content (AvgIpc) is 3.30. The van der Waals surface area contributed by atoms with Crippen molar-refractivity contribution in [3.8, 4) is 0 Å². The summed E-state index contributed by atoms with van der Waals surface area (Å²) in [4.78, 5) is 14.7. The fourth-order valence-electron chi connectivity index (χ4n) is 3.36. The number of carbonyl (C=O) groups is 1. The Morgan fingerprint density at radius 1 is 1.15 bits per heavy atom. The summed E-state index contributed by atoms with van der Waals surface area (Å²) >= 11 is 0. The molecule has 1 aliphatic heterocycles. The van der Waals surface area contributed by atoms with Crippen molar-refractivity contribution in [3.63, 3.8) is 0 Å². The van der Waals surface area contributed by atoms with Gasteiger partial charge in [-0.15, -0.1) is 0 Å². The van der Waals surface area contributed by atoms with Crippen molar-refractivity contribution in [2.75, 3.05) is 6.54 Å². The molecule has 1 aliphatic rings. The van der Waals surface area contributed by atoms with Crippen LogP contribution in [0.2, 0.25) is 0 Å². The summed E-state index contributed by atoms with van der Waals surface area (Å²) < 4.78 is 31.2. The van der Waals surface area contributed by atoms with E-state index in [1.165, 1.54) is 10.6 Å². The first-order valence-corrected chi connectivity index (χ1v) is 8.58. The zero-order valence-corrected chi connectivity index (χ0v) is 14.7. The molecule has 2 heterocycles. The minimum atomic E-state index is -0.509. The Balaban J connectivity index is 1.75. The summed E-state index contributed by atoms with van der Waals surface area (Å²) in [5.41, 5.74) is 1.68. The molecule has 0 unspecified atom stereocenters. The van der Waals surface area contributed by atoms with E-state index in [1.54, 1.807) is 28.2 Å². The molecule has 4 nitrogen and oxygen atoms in total. The molecular weight excluding hydrogens is 348 g/mol. The number of hydrogen-bond donors (Lipinski definition) is 0. The summed E-state index contributed by atoms with van der Waals surface area (Å²) in [5, 5.41) is 0. The molecule has 0 fully saturated rings. The highest BCUT2D eigenvalue weighted by Crippen LogP contribution is 2.36. The van der Waals surface area contributed by atoms with Gasteiger partial charge in [0.05, 0.1) is 19.6 Å². The first-order valence-electron chi connectivity index (χ1n) is 8.58. The quantitative estimate of drug-likeness (QED) is 0.636. The molecule has 0 saturated heterocycles. The number of halogens is 2. The maximum absolute atomic E-state index is 14.3. The SMILES string of the molecule is C[n+]1ccn(C(=O)N2CC(c3cc(F)ccc3F)=C[C@H]2c2ccccc2)c1. The number of hydrogen-bond acceptors (Lipinski definition) is 1. The van der Waals surface area contributed by atoms with Crippen molar-refractivity contribution >= 4 is 11.6 Å². The predicted octanol–water partition coefficient (Wildman–Crippen LogP) is 3.70. The minimum Gasteiger partial charge on any atom is -0.289 e. The summed E-state index contributed by atoms with van der Waals surface area (Å²) in [6, 6.07) is 12.3. The van der Waals surface area contributed by atoms with Crippen molar-refractivity contribution in [1.29, 1.82) is 0 Å². The van der Waals surface area contributed by atoms with Crippen molar-refractivity contribution < 1.29 is 18.1 Å². The van der Waals surface area contributed by atoms with Crippen LogP contribution in [0.3, 0.4) is 0 Å². The average molecular weight is 366 g/mol. The number of aryl methyl sites for hydroxylation is 1. The fraction of sp³-hybridized carbons (Fsp3) is 0.143. The van der Waals surface area contributed by atoms with Crippen LogP contribution in [0.1, 0.15) is 17.2 Å². The second-order valence-electron chi connectivity index (χ2n) is 6.57. The highest BCUT2D eigenvalue weighted by molar-refractivity contribution is 5.83. The molecular formula is C21H18F2N3O+. The number of nitrogens with zero attached hydrogens (tertiary/aromatic N) is 3. The Morgan fingerprint density at radius 2 is 1.93 bits per heavy atom. The zero-order chi connectivity index (χ0) is 19.0. The minimum absolute atomic E-state index is 0.185. The lowest BCUT2D eigenvalue weighted by Crippen LogP contribution is -2.35. The first-order chi connectivity index (χ1) is 13.0. The van der Waals surface area contributed by atoms with Crippen molar-refractivity contribution in [2.24, 2.45) is 7.05 Å². The van der Waals surface area contributed by atoms with Gasteiger partial charge in [0.1, 0.15) is 24.0 Å². The third kappa shape index (κ3) is 3.26. The first kappa shape index (κ1) is 17.1. The van der Waals surface area contributed by atoms with Crippen LogP contribution in [-0.4, -0.2) is 22.0 Å². The molecule has 4 rings (SSSR count). The third-order valence-corrected chi connectivity index (χ3v) is 4.69. The molecule has 0 aliphatic carbocycles. The van der Waals surface area contributed by atoms with E-state index in [1.807, 2.05) is 43.5 Å². The van der Waals surface area contributed by atoms with Gasteiger partial charge in [0.25, 0.3) is 6.33 Å². The van der Waals surface area contributed by atoms with Crippen LogP contribution in [0.15, 0.2) is 73.3 Å². The summed E-state index contributed by atoms with van der Waals surface area (Å²) in [6.45, 7) is 0.195. The Kier molecular flexibility index (Phi) is 4.32. The molecule has 0 radical (unpaired) electrons. The van der Waals surface area contributed by atoms with E-state index in [2.05, 4.69) is 0 Å². The molecule has 3 aromatic rings. The molecule has 1 aromatic heterocycles. The number of carbonyl (C=O) groups excluding carboxylic acids is 1. The van der Waals surface area contributed by atoms with Crippen LogP contribution >= 0.6 is 0 Å². The van der Waals surface area contributed by atoms with E-state index in [9.17, 15) is 13.6 Å². The third-order valence-electron chi connectivity index (χ3n) is 4.69. The van der Waals surface area contributed by atoms with E-state index >= 15 is 0 Å². The lowest BCUT2D eigenvalue weighted by Gasteiger charge is -2.22. The summed E-state index contributed by atoms with van der Waals surface area (Å²) in [6.07, 6.45) is 6.94. The number of rotatable bonds is 2. The molecule has 0 bridgehead atoms. The largest absolute Gasteiger partial charge is 0.416 e. The van der Waals surface area contributed by atoms with E-state index in [4.69, 9.17) is 0 Å². The predicted molar refractivity (Wildman–Crippen MR) is 96.6 cm³/mol. The Morgan fingerprint density at radius 3 is 2.63 bits per heavy atom. The summed E-state index contributed by atoms with van der Waals surface area (Å²) in [5.74, 6) is -1.01. The van der Waals surface area contributed by atoms with Gasteiger partial charge >= 0.3 is 6.03 Å². The van der Waals surface area contributed by atoms with Gasteiger partial charge in [-0.1, -0.05) is 36.4 Å². The maximum Gasteiger partial charge on any atom is 0.416 e. The van der Waals surface area contributed by atoms with Gasteiger partial charge < -0.3 is 0 Å². The van der Waals surface area contributed by atoms with E-state index in [-0.39, 0.29) is 24.2 Å². The second kappa shape index (κ2) is 6.79. The van der Waals surface area contributed by atoms with Crippen LogP contribution in [0.4, 0.5) is 13.6 Å². The smallest absolute Gasteiger partial charge is 0.289 e. The molecule has 1 amide bonds. The van der Waals surface area contributed by atoms with Gasteiger partial charge in [0, 0.05) is 5.56 Å². The molecule has 2 aromatic carbocycles. The molecule has 1 atom stereocenters. The van der Waals surface area contributed by atoms with Crippen molar-refractivity contribution in [1.82, 2.24) is 9.47 Å². The highest BCUT2D eigenvalue weighted by Gasteiger charge is 2.34. The van der Waals surface area contributed by atoms with Crippen LogP contribution < -0.4 is 4.57 Å². The van der Waals surface area contributed by atoms with E-state index in [0.717, 1.165) is 17.7 Å². The normalized spacial score (nSPS) is 16.5. The zero-order valence-electron chi connectivity index (χ0n) is 14.7. The topological polar surface area (TPSA) is 29.1 Å². The van der Waals surface area contributed by atoms with Gasteiger partial charge in [0.15, 0.2) is 0 Å². The Bertz CT molecular complexity index is 1030. The van der Waals surface area contributed by atoms with Crippen LogP contribution in [0, 0.1) is 11.6 Å². The van der Waals surface area contributed by atoms with Crippen molar-refractivity contribution in [3.05, 3.63) is 96.1 Å². The van der Waals surface area contributed by atoms with Crippen LogP contribution in [0.5, 0.6) is 0 Å². The van der Waals surface area contributed by atoms with Crippen LogP contribution in [-0.2, 0) is 7.05 Å². The van der Waals surface area contributed by atoms with E-state index < -0.39 is 11.6 Å². The molecule has 6 heteroatoms. The van der Waals surface area contributed by atoms with Crippen LogP contribution in [0.25, 0.3) is 5.57 Å². The second-order valence-corrected chi connectivity index (χ2v) is 6.57. The summed E-state index contributed by atoms with van der Waals surface area (Å²) in [7, 11) is 1.83.